The third kappa shape index (κ3) is 3.78. The second kappa shape index (κ2) is 7.39. The molecule has 0 bridgehead atoms. The summed E-state index contributed by atoms with van der Waals surface area (Å²) in [7, 11) is 2.77. The van der Waals surface area contributed by atoms with Crippen molar-refractivity contribution in [3.63, 3.8) is 0 Å². The number of esters is 1. The fraction of sp³-hybridized carbons (Fsp3) is 0.294. The van der Waals surface area contributed by atoms with Gasteiger partial charge in [-0.1, -0.05) is 29.8 Å². The summed E-state index contributed by atoms with van der Waals surface area (Å²) < 4.78 is 9.72. The van der Waals surface area contributed by atoms with Gasteiger partial charge in [0.15, 0.2) is 0 Å². The van der Waals surface area contributed by atoms with Gasteiger partial charge in [0.2, 0.25) is 0 Å². The van der Waals surface area contributed by atoms with Crippen LogP contribution in [0.5, 0.6) is 0 Å². The van der Waals surface area contributed by atoms with Crippen molar-refractivity contribution in [2.24, 2.45) is 0 Å². The molecule has 1 amide bonds. The molecule has 0 saturated carbocycles. The number of rotatable bonds is 5. The van der Waals surface area contributed by atoms with Crippen molar-refractivity contribution in [3.8, 4) is 11.1 Å². The second-order valence-electron chi connectivity index (χ2n) is 5.08. The molecule has 0 aliphatic rings. The smallest absolute Gasteiger partial charge is 0.341 e. The number of nitrogens with one attached hydrogen (secondary N) is 1. The number of hydrogen-bond acceptors (Lipinski definition) is 5. The number of benzene rings is 1. The molecule has 0 atom stereocenters. The van der Waals surface area contributed by atoms with Crippen molar-refractivity contribution in [3.05, 3.63) is 40.3 Å². The highest BCUT2D eigenvalue weighted by Gasteiger charge is 2.24. The quantitative estimate of drug-likeness (QED) is 0.852. The molecule has 0 saturated heterocycles. The van der Waals surface area contributed by atoms with Gasteiger partial charge in [-0.25, -0.2) is 4.79 Å². The molecule has 5 nitrogen and oxygen atoms in total. The molecule has 122 valence electrons. The minimum Gasteiger partial charge on any atom is -0.465 e. The summed E-state index contributed by atoms with van der Waals surface area (Å²) in [5.41, 5.74) is 3.21. The summed E-state index contributed by atoms with van der Waals surface area (Å²) in [6.45, 7) is 3.84. The van der Waals surface area contributed by atoms with Crippen LogP contribution in [0.3, 0.4) is 0 Å². The number of anilines is 1. The zero-order valence-electron chi connectivity index (χ0n) is 13.6. The summed E-state index contributed by atoms with van der Waals surface area (Å²) in [6.07, 6.45) is 0. The van der Waals surface area contributed by atoms with Crippen molar-refractivity contribution in [1.29, 1.82) is 0 Å². The van der Waals surface area contributed by atoms with Crippen molar-refractivity contribution in [2.75, 3.05) is 26.1 Å². The minimum atomic E-state index is -0.474. The van der Waals surface area contributed by atoms with Gasteiger partial charge in [-0.05, 0) is 19.4 Å². The number of aryl methyl sites for hydroxylation is 2. The third-order valence-corrected chi connectivity index (χ3v) is 4.36. The molecular weight excluding hydrogens is 314 g/mol. The summed E-state index contributed by atoms with van der Waals surface area (Å²) in [6, 6.07) is 7.88. The Morgan fingerprint density at radius 1 is 1.13 bits per heavy atom. The lowest BCUT2D eigenvalue weighted by Gasteiger charge is -2.08. The predicted octanol–water partition coefficient (Wildman–Crippen LogP) is 3.40. The first-order valence-corrected chi connectivity index (χ1v) is 7.87. The predicted molar refractivity (Wildman–Crippen MR) is 91.1 cm³/mol. The van der Waals surface area contributed by atoms with E-state index in [0.717, 1.165) is 21.6 Å². The van der Waals surface area contributed by atoms with Crippen LogP contribution >= 0.6 is 11.3 Å². The maximum absolute atomic E-state index is 12.2. The zero-order chi connectivity index (χ0) is 17.0. The SMILES string of the molecule is COCC(=O)Nc1sc(C)c(-c2ccc(C)cc2)c1C(=O)OC. The lowest BCUT2D eigenvalue weighted by atomic mass is 10.0. The van der Waals surface area contributed by atoms with Crippen LogP contribution in [0.25, 0.3) is 11.1 Å². The first kappa shape index (κ1) is 17.2. The lowest BCUT2D eigenvalue weighted by molar-refractivity contribution is -0.119. The number of methoxy groups -OCH3 is 2. The molecule has 0 unspecified atom stereocenters. The summed E-state index contributed by atoms with van der Waals surface area (Å²) in [5.74, 6) is -0.785. The molecule has 2 rings (SSSR count). The molecule has 1 aromatic carbocycles. The van der Waals surface area contributed by atoms with Gasteiger partial charge in [0.25, 0.3) is 5.91 Å². The molecule has 23 heavy (non-hydrogen) atoms. The molecule has 1 aromatic heterocycles. The van der Waals surface area contributed by atoms with Gasteiger partial charge in [0, 0.05) is 17.6 Å². The van der Waals surface area contributed by atoms with Crippen molar-refractivity contribution < 1.29 is 19.1 Å². The monoisotopic (exact) mass is 333 g/mol. The minimum absolute atomic E-state index is 0.0720. The molecule has 0 fully saturated rings. The number of carbonyl (C=O) groups excluding carboxylic acids is 2. The van der Waals surface area contributed by atoms with E-state index < -0.39 is 5.97 Å². The Labute approximate surface area is 139 Å². The Bertz CT molecular complexity index is 719. The van der Waals surface area contributed by atoms with Crippen LogP contribution < -0.4 is 5.32 Å². The van der Waals surface area contributed by atoms with Gasteiger partial charge < -0.3 is 14.8 Å². The highest BCUT2D eigenvalue weighted by molar-refractivity contribution is 7.17. The topological polar surface area (TPSA) is 64.6 Å². The average molecular weight is 333 g/mol. The van der Waals surface area contributed by atoms with E-state index in [4.69, 9.17) is 9.47 Å². The average Bonchev–Trinajstić information content (AvgIpc) is 2.83. The van der Waals surface area contributed by atoms with Crippen molar-refractivity contribution >= 4 is 28.2 Å². The van der Waals surface area contributed by atoms with E-state index in [1.807, 2.05) is 38.1 Å². The molecule has 0 radical (unpaired) electrons. The summed E-state index contributed by atoms with van der Waals surface area (Å²) in [5, 5.41) is 3.20. The van der Waals surface area contributed by atoms with E-state index in [9.17, 15) is 9.59 Å². The number of amides is 1. The van der Waals surface area contributed by atoms with Gasteiger partial charge in [0.05, 0.1) is 7.11 Å². The Kier molecular flexibility index (Phi) is 5.52. The van der Waals surface area contributed by atoms with Crippen LogP contribution in [0.15, 0.2) is 24.3 Å². The van der Waals surface area contributed by atoms with Gasteiger partial charge in [-0.3, -0.25) is 4.79 Å². The van der Waals surface area contributed by atoms with Crippen LogP contribution in [0.1, 0.15) is 20.8 Å². The Balaban J connectivity index is 2.53. The highest BCUT2D eigenvalue weighted by atomic mass is 32.1. The summed E-state index contributed by atoms with van der Waals surface area (Å²) in [4.78, 5) is 25.0. The molecular formula is C17H19NO4S. The molecule has 0 aliphatic carbocycles. The number of carbonyl (C=O) groups is 2. The van der Waals surface area contributed by atoms with E-state index in [1.165, 1.54) is 25.6 Å². The largest absolute Gasteiger partial charge is 0.465 e. The first-order valence-electron chi connectivity index (χ1n) is 7.05. The standard InChI is InChI=1S/C17H19NO4S/c1-10-5-7-12(8-6-10)14-11(2)23-16(15(14)17(20)22-4)18-13(19)9-21-3/h5-8H,9H2,1-4H3,(H,18,19). The van der Waals surface area contributed by atoms with E-state index in [0.29, 0.717) is 10.6 Å². The Morgan fingerprint density at radius 3 is 2.35 bits per heavy atom. The fourth-order valence-electron chi connectivity index (χ4n) is 2.29. The van der Waals surface area contributed by atoms with Gasteiger partial charge in [0.1, 0.15) is 17.2 Å². The van der Waals surface area contributed by atoms with Crippen molar-refractivity contribution in [1.82, 2.24) is 0 Å². The fourth-order valence-corrected chi connectivity index (χ4v) is 3.37. The maximum atomic E-state index is 12.2. The summed E-state index contributed by atoms with van der Waals surface area (Å²) >= 11 is 1.35. The Morgan fingerprint density at radius 2 is 1.78 bits per heavy atom. The van der Waals surface area contributed by atoms with Crippen LogP contribution in [0, 0.1) is 13.8 Å². The normalized spacial score (nSPS) is 10.4. The molecule has 1 N–H and O–H groups in total. The molecule has 0 spiro atoms. The molecule has 6 heteroatoms. The molecule has 1 heterocycles. The van der Waals surface area contributed by atoms with Crippen LogP contribution in [-0.2, 0) is 14.3 Å². The van der Waals surface area contributed by atoms with Gasteiger partial charge >= 0.3 is 5.97 Å². The highest BCUT2D eigenvalue weighted by Crippen LogP contribution is 2.40. The Hall–Kier alpha value is -2.18. The number of ether oxygens (including phenoxy) is 2. The lowest BCUT2D eigenvalue weighted by Crippen LogP contribution is -2.18. The first-order chi connectivity index (χ1) is 11.0. The third-order valence-electron chi connectivity index (χ3n) is 3.34. The van der Waals surface area contributed by atoms with Crippen LogP contribution in [0.2, 0.25) is 0 Å². The number of thiophene rings is 1. The molecule has 0 aliphatic heterocycles. The van der Waals surface area contributed by atoms with Crippen LogP contribution in [-0.4, -0.2) is 32.7 Å². The van der Waals surface area contributed by atoms with E-state index in [2.05, 4.69) is 5.32 Å². The van der Waals surface area contributed by atoms with E-state index in [1.54, 1.807) is 0 Å². The van der Waals surface area contributed by atoms with Gasteiger partial charge in [-0.15, -0.1) is 11.3 Å². The van der Waals surface area contributed by atoms with Crippen LogP contribution in [0.4, 0.5) is 5.00 Å². The van der Waals surface area contributed by atoms with Gasteiger partial charge in [-0.2, -0.15) is 0 Å². The second-order valence-corrected chi connectivity index (χ2v) is 6.30. The molecule has 2 aromatic rings. The zero-order valence-corrected chi connectivity index (χ0v) is 14.4. The van der Waals surface area contributed by atoms with E-state index >= 15 is 0 Å². The maximum Gasteiger partial charge on any atom is 0.341 e. The number of hydrogen-bond donors (Lipinski definition) is 1. The van der Waals surface area contributed by atoms with E-state index in [-0.39, 0.29) is 12.5 Å². The van der Waals surface area contributed by atoms with Crippen molar-refractivity contribution in [2.45, 2.75) is 13.8 Å².